The molecule has 0 spiro atoms. The van der Waals surface area contributed by atoms with Crippen molar-refractivity contribution >= 4 is 23.7 Å². The number of benzene rings is 2. The van der Waals surface area contributed by atoms with Gasteiger partial charge >= 0.3 is 5.97 Å². The summed E-state index contributed by atoms with van der Waals surface area (Å²) >= 11 is 0. The number of rotatable bonds is 7. The Labute approximate surface area is 255 Å². The summed E-state index contributed by atoms with van der Waals surface area (Å²) in [6.45, 7) is 2.14. The summed E-state index contributed by atoms with van der Waals surface area (Å²) in [4.78, 5) is 45.9. The summed E-state index contributed by atoms with van der Waals surface area (Å²) in [6, 6.07) is 6.55. The highest BCUT2D eigenvalue weighted by atomic mass is 16.7. The third-order valence-electron chi connectivity index (χ3n) is 7.86. The van der Waals surface area contributed by atoms with E-state index in [1.54, 1.807) is 49.8 Å². The van der Waals surface area contributed by atoms with Crippen LogP contribution in [0.5, 0.6) is 23.0 Å². The molecule has 3 heterocycles. The summed E-state index contributed by atoms with van der Waals surface area (Å²) in [7, 11) is 0. The fourth-order valence-corrected chi connectivity index (χ4v) is 5.55. The van der Waals surface area contributed by atoms with Gasteiger partial charge in [0.1, 0.15) is 22.8 Å². The van der Waals surface area contributed by atoms with E-state index < -0.39 is 23.7 Å². The number of hydrogen-bond donors (Lipinski definition) is 4. The van der Waals surface area contributed by atoms with Gasteiger partial charge in [-0.2, -0.15) is 0 Å². The van der Waals surface area contributed by atoms with Gasteiger partial charge < -0.3 is 34.7 Å². The minimum Gasteiger partial charge on any atom is -0.507 e. The monoisotopic (exact) mass is 603 g/mol. The number of phenolic OH excluding ortho intramolecular Hbond substituents is 2. The van der Waals surface area contributed by atoms with Crippen LogP contribution in [0.2, 0.25) is 0 Å². The van der Waals surface area contributed by atoms with Gasteiger partial charge in [0.25, 0.3) is 0 Å². The number of aromatic nitrogens is 2. The third-order valence-corrected chi connectivity index (χ3v) is 7.86. The number of ketones is 1. The van der Waals surface area contributed by atoms with E-state index in [4.69, 9.17) is 14.2 Å². The highest BCUT2D eigenvalue weighted by Crippen LogP contribution is 2.46. The maximum Gasteiger partial charge on any atom is 0.342 e. The summed E-state index contributed by atoms with van der Waals surface area (Å²) in [5.41, 5.74) is 1.64. The number of fused-ring (bicyclic) bond motifs is 2. The summed E-state index contributed by atoms with van der Waals surface area (Å²) < 4.78 is 16.7. The quantitative estimate of drug-likeness (QED) is 0.275. The van der Waals surface area contributed by atoms with Crippen LogP contribution in [0.25, 0.3) is 6.08 Å². The number of allylic oxidation sites excluding steroid dienone is 1. The molecule has 0 saturated carbocycles. The Morgan fingerprint density at radius 2 is 1.95 bits per heavy atom. The lowest BCUT2D eigenvalue weighted by Crippen LogP contribution is -2.27. The number of imidazole rings is 1. The Balaban J connectivity index is 1.51. The van der Waals surface area contributed by atoms with Gasteiger partial charge in [0.2, 0.25) is 12.7 Å². The van der Waals surface area contributed by atoms with Crippen LogP contribution in [-0.2, 0) is 20.7 Å². The second-order valence-corrected chi connectivity index (χ2v) is 11.1. The standard InChI is InChI=1S/C33H37N3O8/c1-20-6-5-9-24(37)8-4-2-3-7-22-14-26(38)31(32(40)30(22)33(41)44-20)25(21-10-11-27-28(15-21)43-19-42-27)16-29(39)35-13-12-23-17-34-18-36-23/h3,7,10-11,14-15,17-18,20,25,38,40H,2,4-6,8-9,12-13,16,19H2,1H3,(H,34,36)(H,35,39)/t20-,25?/m0/s1. The number of Topliss-reactive ketones (excluding diaryl/α,β-unsaturated/α-hetero) is 1. The lowest BCUT2D eigenvalue weighted by Gasteiger charge is -2.23. The molecule has 0 radical (unpaired) electrons. The minimum atomic E-state index is -0.852. The van der Waals surface area contributed by atoms with Crippen molar-refractivity contribution in [1.29, 1.82) is 0 Å². The molecule has 0 saturated heterocycles. The van der Waals surface area contributed by atoms with Crippen molar-refractivity contribution in [1.82, 2.24) is 15.3 Å². The SMILES string of the molecule is C[C@H]1CCCC(=O)CCCC=Cc2cc(O)c(C(CC(=O)NCCc3cnc[nH]3)c3ccc4c(c3)OCO4)c(O)c2C(=O)O1. The Kier molecular flexibility index (Phi) is 9.83. The molecule has 3 aromatic rings. The zero-order chi connectivity index (χ0) is 31.1. The number of aromatic hydroxyl groups is 2. The molecule has 44 heavy (non-hydrogen) atoms. The smallest absolute Gasteiger partial charge is 0.342 e. The molecule has 0 fully saturated rings. The zero-order valence-electron chi connectivity index (χ0n) is 24.6. The van der Waals surface area contributed by atoms with Crippen LogP contribution in [0.4, 0.5) is 0 Å². The van der Waals surface area contributed by atoms with Crippen molar-refractivity contribution in [2.24, 2.45) is 0 Å². The molecule has 2 aromatic carbocycles. The normalized spacial score (nSPS) is 17.8. The second-order valence-electron chi connectivity index (χ2n) is 11.1. The fraction of sp³-hybridized carbons (Fsp3) is 0.394. The molecule has 11 nitrogen and oxygen atoms in total. The number of nitrogens with one attached hydrogen (secondary N) is 2. The van der Waals surface area contributed by atoms with Crippen LogP contribution in [0.15, 0.2) is 42.9 Å². The number of amides is 1. The fourth-order valence-electron chi connectivity index (χ4n) is 5.55. The van der Waals surface area contributed by atoms with E-state index in [9.17, 15) is 24.6 Å². The molecule has 2 atom stereocenters. The Bertz CT molecular complexity index is 1530. The molecule has 0 aliphatic carbocycles. The Morgan fingerprint density at radius 1 is 1.14 bits per heavy atom. The number of cyclic esters (lactones) is 1. The molecule has 1 aromatic heterocycles. The molecule has 1 unspecified atom stereocenters. The van der Waals surface area contributed by atoms with Gasteiger partial charge in [-0.05, 0) is 61.9 Å². The van der Waals surface area contributed by atoms with E-state index in [2.05, 4.69) is 15.3 Å². The van der Waals surface area contributed by atoms with E-state index >= 15 is 0 Å². The maximum absolute atomic E-state index is 13.5. The number of ether oxygens (including phenoxy) is 3. The number of phenols is 2. The average Bonchev–Trinajstić information content (AvgIpc) is 3.68. The topological polar surface area (TPSA) is 160 Å². The van der Waals surface area contributed by atoms with Gasteiger partial charge in [-0.15, -0.1) is 0 Å². The first kappa shape index (κ1) is 30.7. The molecule has 1 amide bonds. The van der Waals surface area contributed by atoms with Crippen molar-refractivity contribution in [3.05, 3.63) is 70.8 Å². The third kappa shape index (κ3) is 7.39. The van der Waals surface area contributed by atoms with Gasteiger partial charge in [0, 0.05) is 55.6 Å². The number of H-pyrrole nitrogens is 1. The summed E-state index contributed by atoms with van der Waals surface area (Å²) in [5, 5.41) is 25.9. The van der Waals surface area contributed by atoms with E-state index in [1.807, 2.05) is 0 Å². The van der Waals surface area contributed by atoms with Crippen LogP contribution in [0.3, 0.4) is 0 Å². The van der Waals surface area contributed by atoms with Gasteiger partial charge in [-0.3, -0.25) is 9.59 Å². The van der Waals surface area contributed by atoms with Gasteiger partial charge in [-0.25, -0.2) is 9.78 Å². The molecule has 2 aliphatic rings. The van der Waals surface area contributed by atoms with E-state index in [-0.39, 0.29) is 47.3 Å². The predicted octanol–water partition coefficient (Wildman–Crippen LogP) is 4.91. The number of esters is 1. The van der Waals surface area contributed by atoms with Crippen LogP contribution in [0, 0.1) is 0 Å². The number of carbonyl (C=O) groups excluding carboxylic acids is 3. The van der Waals surface area contributed by atoms with Crippen molar-refractivity contribution in [3.63, 3.8) is 0 Å². The van der Waals surface area contributed by atoms with Gasteiger partial charge in [0.05, 0.1) is 12.4 Å². The van der Waals surface area contributed by atoms with Gasteiger partial charge in [0.15, 0.2) is 11.5 Å². The molecular weight excluding hydrogens is 566 g/mol. The molecular formula is C33H37N3O8. The first-order chi connectivity index (χ1) is 21.3. The van der Waals surface area contributed by atoms with Crippen molar-refractivity contribution < 1.29 is 38.8 Å². The zero-order valence-corrected chi connectivity index (χ0v) is 24.6. The molecule has 5 rings (SSSR count). The number of hydrogen-bond acceptors (Lipinski definition) is 9. The largest absolute Gasteiger partial charge is 0.507 e. The highest BCUT2D eigenvalue weighted by Gasteiger charge is 2.31. The molecule has 232 valence electrons. The van der Waals surface area contributed by atoms with E-state index in [0.29, 0.717) is 68.6 Å². The summed E-state index contributed by atoms with van der Waals surface area (Å²) in [6.07, 6.45) is 9.79. The van der Waals surface area contributed by atoms with Gasteiger partial charge in [-0.1, -0.05) is 18.2 Å². The Hall–Kier alpha value is -4.80. The Morgan fingerprint density at radius 3 is 2.77 bits per heavy atom. The lowest BCUT2D eigenvalue weighted by atomic mass is 9.84. The minimum absolute atomic E-state index is 0.0241. The van der Waals surface area contributed by atoms with Crippen LogP contribution < -0.4 is 14.8 Å². The number of aromatic amines is 1. The van der Waals surface area contributed by atoms with Crippen molar-refractivity contribution in [2.45, 2.75) is 70.3 Å². The average molecular weight is 604 g/mol. The van der Waals surface area contributed by atoms with Crippen LogP contribution in [0.1, 0.15) is 90.5 Å². The van der Waals surface area contributed by atoms with E-state index in [1.165, 1.54) is 6.07 Å². The second kappa shape index (κ2) is 14.1. The highest BCUT2D eigenvalue weighted by molar-refractivity contribution is 5.98. The van der Waals surface area contributed by atoms with Crippen LogP contribution in [-0.4, -0.2) is 57.3 Å². The van der Waals surface area contributed by atoms with Crippen molar-refractivity contribution in [2.75, 3.05) is 13.3 Å². The molecule has 4 N–H and O–H groups in total. The number of carbonyl (C=O) groups is 3. The summed E-state index contributed by atoms with van der Waals surface area (Å²) in [5.74, 6) is -1.49. The number of nitrogens with zero attached hydrogens (tertiary/aromatic N) is 1. The predicted molar refractivity (Wildman–Crippen MR) is 161 cm³/mol. The van der Waals surface area contributed by atoms with Crippen molar-refractivity contribution in [3.8, 4) is 23.0 Å². The van der Waals surface area contributed by atoms with E-state index in [0.717, 1.165) is 5.69 Å². The first-order valence-electron chi connectivity index (χ1n) is 14.9. The molecule has 0 bridgehead atoms. The van der Waals surface area contributed by atoms with Crippen LogP contribution >= 0.6 is 0 Å². The molecule has 11 heteroatoms. The molecule has 2 aliphatic heterocycles. The maximum atomic E-state index is 13.5. The lowest BCUT2D eigenvalue weighted by molar-refractivity contribution is -0.121. The first-order valence-corrected chi connectivity index (χ1v) is 14.9.